The minimum atomic E-state index is -4.39. The van der Waals surface area contributed by atoms with Crippen LogP contribution in [0.2, 0.25) is 0 Å². The van der Waals surface area contributed by atoms with Crippen molar-refractivity contribution < 1.29 is 22.7 Å². The van der Waals surface area contributed by atoms with Gasteiger partial charge < -0.3 is 9.64 Å². The summed E-state index contributed by atoms with van der Waals surface area (Å²) >= 11 is 0. The molecule has 158 valence electrons. The molecule has 0 radical (unpaired) electrons. The van der Waals surface area contributed by atoms with Crippen molar-refractivity contribution in [2.45, 2.75) is 38.6 Å². The van der Waals surface area contributed by atoms with Gasteiger partial charge >= 0.3 is 12.3 Å². The first kappa shape index (κ1) is 20.2. The number of halogens is 3. The van der Waals surface area contributed by atoms with Gasteiger partial charge in [0.1, 0.15) is 16.8 Å². The zero-order valence-corrected chi connectivity index (χ0v) is 16.8. The van der Waals surface area contributed by atoms with Gasteiger partial charge in [0.25, 0.3) is 0 Å². The molecular formula is C21H21F3N4O2. The maximum absolute atomic E-state index is 12.9. The lowest BCUT2D eigenvalue weighted by Crippen LogP contribution is -2.52. The van der Waals surface area contributed by atoms with Crippen LogP contribution in [0.25, 0.3) is 22.3 Å². The van der Waals surface area contributed by atoms with Crippen LogP contribution in [0.5, 0.6) is 0 Å². The maximum atomic E-state index is 12.9. The van der Waals surface area contributed by atoms with Crippen molar-refractivity contribution in [3.8, 4) is 11.3 Å². The summed E-state index contributed by atoms with van der Waals surface area (Å²) in [4.78, 5) is 18.2. The summed E-state index contributed by atoms with van der Waals surface area (Å²) in [6.07, 6.45) is -3.15. The van der Waals surface area contributed by atoms with Crippen LogP contribution in [0, 0.1) is 0 Å². The number of hydrogen-bond acceptors (Lipinski definition) is 4. The maximum Gasteiger partial charge on any atom is 0.416 e. The molecule has 0 spiro atoms. The SMILES string of the molecule is CC(C)(C)OC(=O)N1CC(n2nc(-c3ccc(C(F)(F)F)cc3)c3ncccc32)C1. The topological polar surface area (TPSA) is 60.2 Å². The van der Waals surface area contributed by atoms with Crippen LogP contribution in [0.4, 0.5) is 18.0 Å². The summed E-state index contributed by atoms with van der Waals surface area (Å²) in [6, 6.07) is 8.45. The zero-order chi connectivity index (χ0) is 21.7. The standard InChI is InChI=1S/C21H21F3N4O2/c1-20(2,3)30-19(29)27-11-15(12-27)28-16-5-4-10-25-18(16)17(26-28)13-6-8-14(9-7-13)21(22,23)24/h4-10,15H,11-12H2,1-3H3. The van der Waals surface area contributed by atoms with Gasteiger partial charge in [0.05, 0.1) is 17.1 Å². The summed E-state index contributed by atoms with van der Waals surface area (Å²) in [7, 11) is 0. The molecule has 1 saturated heterocycles. The van der Waals surface area contributed by atoms with E-state index in [1.807, 2.05) is 26.8 Å². The number of aromatic nitrogens is 3. The predicted octanol–water partition coefficient (Wildman–Crippen LogP) is 4.91. The molecule has 0 aliphatic carbocycles. The van der Waals surface area contributed by atoms with E-state index in [1.165, 1.54) is 12.1 Å². The second kappa shape index (κ2) is 7.00. The molecule has 30 heavy (non-hydrogen) atoms. The number of carbonyl (C=O) groups excluding carboxylic acids is 1. The number of fused-ring (bicyclic) bond motifs is 1. The minimum absolute atomic E-state index is 0.0626. The molecule has 0 atom stereocenters. The van der Waals surface area contributed by atoms with Crippen LogP contribution in [-0.4, -0.2) is 44.4 Å². The second-order valence-corrected chi connectivity index (χ2v) is 8.28. The van der Waals surface area contributed by atoms with Crippen molar-refractivity contribution >= 4 is 17.1 Å². The normalized spacial score (nSPS) is 15.3. The van der Waals surface area contributed by atoms with Crippen LogP contribution in [0.1, 0.15) is 32.4 Å². The number of nitrogens with zero attached hydrogens (tertiary/aromatic N) is 4. The Balaban J connectivity index is 1.61. The Morgan fingerprint density at radius 2 is 1.77 bits per heavy atom. The van der Waals surface area contributed by atoms with E-state index in [9.17, 15) is 18.0 Å². The number of hydrogen-bond donors (Lipinski definition) is 0. The van der Waals surface area contributed by atoms with Gasteiger partial charge in [0, 0.05) is 24.8 Å². The van der Waals surface area contributed by atoms with Gasteiger partial charge in [-0.2, -0.15) is 18.3 Å². The van der Waals surface area contributed by atoms with Crippen molar-refractivity contribution in [1.29, 1.82) is 0 Å². The second-order valence-electron chi connectivity index (χ2n) is 8.28. The number of pyridine rings is 1. The first-order valence-electron chi connectivity index (χ1n) is 9.52. The Bertz CT molecular complexity index is 1080. The van der Waals surface area contributed by atoms with Crippen molar-refractivity contribution in [3.05, 3.63) is 48.2 Å². The molecule has 1 amide bonds. The average Bonchev–Trinajstić information content (AvgIpc) is 2.98. The Hall–Kier alpha value is -3.10. The Morgan fingerprint density at radius 3 is 2.37 bits per heavy atom. The molecule has 9 heteroatoms. The van der Waals surface area contributed by atoms with Gasteiger partial charge in [0.2, 0.25) is 0 Å². The number of benzene rings is 1. The van der Waals surface area contributed by atoms with E-state index >= 15 is 0 Å². The molecule has 3 heterocycles. The molecule has 1 aliphatic rings. The number of carbonyl (C=O) groups is 1. The third-order valence-corrected chi connectivity index (χ3v) is 4.81. The molecule has 3 aromatic rings. The van der Waals surface area contributed by atoms with Crippen molar-refractivity contribution in [2.24, 2.45) is 0 Å². The quantitative estimate of drug-likeness (QED) is 0.593. The summed E-state index contributed by atoms with van der Waals surface area (Å²) in [5, 5.41) is 4.64. The highest BCUT2D eigenvalue weighted by molar-refractivity contribution is 5.90. The Morgan fingerprint density at radius 1 is 1.10 bits per heavy atom. The van der Waals surface area contributed by atoms with Crippen LogP contribution in [-0.2, 0) is 10.9 Å². The number of likely N-dealkylation sites (tertiary alicyclic amines) is 1. The van der Waals surface area contributed by atoms with E-state index in [4.69, 9.17) is 4.74 Å². The number of amides is 1. The highest BCUT2D eigenvalue weighted by Crippen LogP contribution is 2.34. The molecule has 4 rings (SSSR count). The zero-order valence-electron chi connectivity index (χ0n) is 16.8. The van der Waals surface area contributed by atoms with E-state index in [2.05, 4.69) is 10.1 Å². The average molecular weight is 418 g/mol. The number of alkyl halides is 3. The molecule has 1 aromatic carbocycles. The minimum Gasteiger partial charge on any atom is -0.444 e. The summed E-state index contributed by atoms with van der Waals surface area (Å²) in [5.74, 6) is 0. The monoisotopic (exact) mass is 418 g/mol. The molecule has 6 nitrogen and oxygen atoms in total. The van der Waals surface area contributed by atoms with Crippen molar-refractivity contribution in [1.82, 2.24) is 19.7 Å². The van der Waals surface area contributed by atoms with E-state index in [1.54, 1.807) is 21.8 Å². The summed E-state index contributed by atoms with van der Waals surface area (Å²) in [5.41, 5.74) is 1.15. The summed E-state index contributed by atoms with van der Waals surface area (Å²) in [6.45, 7) is 6.31. The Kier molecular flexibility index (Phi) is 4.71. The van der Waals surface area contributed by atoms with Gasteiger partial charge in [-0.05, 0) is 45.0 Å². The third kappa shape index (κ3) is 3.83. The molecule has 1 aliphatic heterocycles. The summed E-state index contributed by atoms with van der Waals surface area (Å²) < 4.78 is 45.8. The van der Waals surface area contributed by atoms with E-state index < -0.39 is 17.3 Å². The largest absolute Gasteiger partial charge is 0.444 e. The lowest BCUT2D eigenvalue weighted by atomic mass is 10.1. The lowest BCUT2D eigenvalue weighted by Gasteiger charge is -2.39. The van der Waals surface area contributed by atoms with E-state index in [0.717, 1.165) is 17.6 Å². The van der Waals surface area contributed by atoms with Crippen LogP contribution < -0.4 is 0 Å². The fourth-order valence-electron chi connectivity index (χ4n) is 3.35. The smallest absolute Gasteiger partial charge is 0.416 e. The van der Waals surface area contributed by atoms with Crippen LogP contribution in [0.15, 0.2) is 42.6 Å². The first-order valence-corrected chi connectivity index (χ1v) is 9.52. The van der Waals surface area contributed by atoms with Gasteiger partial charge in [-0.3, -0.25) is 9.67 Å². The first-order chi connectivity index (χ1) is 14.0. The molecule has 0 N–H and O–H groups in total. The van der Waals surface area contributed by atoms with Crippen LogP contribution in [0.3, 0.4) is 0 Å². The fraction of sp³-hybridized carbons (Fsp3) is 0.381. The van der Waals surface area contributed by atoms with Gasteiger partial charge in [-0.15, -0.1) is 0 Å². The lowest BCUT2D eigenvalue weighted by molar-refractivity contribution is -0.137. The molecule has 0 bridgehead atoms. The molecular weight excluding hydrogens is 397 g/mol. The van der Waals surface area contributed by atoms with Gasteiger partial charge in [-0.25, -0.2) is 4.79 Å². The molecule has 2 aromatic heterocycles. The van der Waals surface area contributed by atoms with Crippen molar-refractivity contribution in [2.75, 3.05) is 13.1 Å². The van der Waals surface area contributed by atoms with E-state index in [0.29, 0.717) is 29.9 Å². The van der Waals surface area contributed by atoms with Crippen molar-refractivity contribution in [3.63, 3.8) is 0 Å². The third-order valence-electron chi connectivity index (χ3n) is 4.81. The molecule has 1 fully saturated rings. The number of ether oxygens (including phenoxy) is 1. The van der Waals surface area contributed by atoms with Gasteiger partial charge in [-0.1, -0.05) is 12.1 Å². The predicted molar refractivity (Wildman–Crippen MR) is 105 cm³/mol. The van der Waals surface area contributed by atoms with E-state index in [-0.39, 0.29) is 12.1 Å². The van der Waals surface area contributed by atoms with Crippen LogP contribution >= 0.6 is 0 Å². The molecule has 0 saturated carbocycles. The van der Waals surface area contributed by atoms with Gasteiger partial charge in [0.15, 0.2) is 0 Å². The number of rotatable bonds is 2. The Labute approximate surface area is 171 Å². The highest BCUT2D eigenvalue weighted by atomic mass is 19.4. The highest BCUT2D eigenvalue weighted by Gasteiger charge is 2.36. The fourth-order valence-corrected chi connectivity index (χ4v) is 3.35. The molecule has 0 unspecified atom stereocenters.